The number of aromatic nitrogens is 3. The molecule has 0 radical (unpaired) electrons. The van der Waals surface area contributed by atoms with Crippen molar-refractivity contribution >= 4 is 5.65 Å². The van der Waals surface area contributed by atoms with Crippen molar-refractivity contribution in [3.63, 3.8) is 0 Å². The predicted molar refractivity (Wildman–Crippen MR) is 61.9 cm³/mol. The quantitative estimate of drug-likeness (QED) is 0.791. The highest BCUT2D eigenvalue weighted by Crippen LogP contribution is 2.34. The Morgan fingerprint density at radius 3 is 2.81 bits per heavy atom. The Kier molecular flexibility index (Phi) is 2.17. The Hall–Kier alpha value is -1.42. The monoisotopic (exact) mass is 216 g/mol. The molecule has 0 aromatic carbocycles. The van der Waals surface area contributed by atoms with Crippen molar-refractivity contribution in [3.8, 4) is 0 Å². The van der Waals surface area contributed by atoms with E-state index in [1.165, 1.54) is 19.3 Å². The smallest absolute Gasteiger partial charge is 0.155 e. The Labute approximate surface area is 94.5 Å². The van der Waals surface area contributed by atoms with E-state index in [9.17, 15) is 0 Å². The molecular weight excluding hydrogens is 200 g/mol. The summed E-state index contributed by atoms with van der Waals surface area (Å²) in [7, 11) is 0. The zero-order valence-corrected chi connectivity index (χ0v) is 9.26. The van der Waals surface area contributed by atoms with Gasteiger partial charge in [-0.05, 0) is 18.9 Å². The van der Waals surface area contributed by atoms with Gasteiger partial charge < -0.3 is 5.73 Å². The van der Waals surface area contributed by atoms with Crippen LogP contribution >= 0.6 is 0 Å². The molecule has 2 aromatic heterocycles. The summed E-state index contributed by atoms with van der Waals surface area (Å²) in [6.45, 7) is 0. The summed E-state index contributed by atoms with van der Waals surface area (Å²) >= 11 is 0. The van der Waals surface area contributed by atoms with Crippen LogP contribution in [0.15, 0.2) is 24.5 Å². The second-order valence-electron chi connectivity index (χ2n) is 4.67. The first-order valence-electron chi connectivity index (χ1n) is 5.88. The average molecular weight is 216 g/mol. The molecule has 84 valence electrons. The van der Waals surface area contributed by atoms with Crippen LogP contribution in [0.4, 0.5) is 0 Å². The van der Waals surface area contributed by atoms with Gasteiger partial charge in [0.05, 0.1) is 11.2 Å². The first-order chi connectivity index (χ1) is 7.78. The number of nitrogens with two attached hydrogens (primary N) is 1. The van der Waals surface area contributed by atoms with Crippen molar-refractivity contribution in [3.05, 3.63) is 30.2 Å². The summed E-state index contributed by atoms with van der Waals surface area (Å²) in [6, 6.07) is 3.90. The first kappa shape index (κ1) is 9.78. The summed E-state index contributed by atoms with van der Waals surface area (Å²) in [6.07, 6.45) is 9.48. The average Bonchev–Trinajstić information content (AvgIpc) is 2.74. The van der Waals surface area contributed by atoms with Crippen LogP contribution in [-0.4, -0.2) is 14.6 Å². The molecule has 3 rings (SSSR count). The molecule has 0 bridgehead atoms. The second kappa shape index (κ2) is 3.56. The van der Waals surface area contributed by atoms with Gasteiger partial charge in [0.25, 0.3) is 0 Å². The van der Waals surface area contributed by atoms with Gasteiger partial charge in [-0.2, -0.15) is 5.10 Å². The van der Waals surface area contributed by atoms with Crippen LogP contribution in [0.5, 0.6) is 0 Å². The molecule has 0 aliphatic heterocycles. The number of fused-ring (bicyclic) bond motifs is 1. The minimum atomic E-state index is -0.230. The van der Waals surface area contributed by atoms with Gasteiger partial charge in [0.2, 0.25) is 0 Å². The van der Waals surface area contributed by atoms with Gasteiger partial charge in [-0.1, -0.05) is 19.3 Å². The van der Waals surface area contributed by atoms with Crippen molar-refractivity contribution in [1.82, 2.24) is 14.6 Å². The van der Waals surface area contributed by atoms with E-state index in [0.717, 1.165) is 24.2 Å². The zero-order chi connectivity index (χ0) is 11.0. The van der Waals surface area contributed by atoms with Gasteiger partial charge in [0.1, 0.15) is 0 Å². The Morgan fingerprint density at radius 1 is 1.25 bits per heavy atom. The summed E-state index contributed by atoms with van der Waals surface area (Å²) in [5, 5.41) is 4.54. The Balaban J connectivity index is 2.04. The number of hydrogen-bond acceptors (Lipinski definition) is 3. The van der Waals surface area contributed by atoms with E-state index in [0.29, 0.717) is 0 Å². The normalized spacial score (nSPS) is 20.1. The molecule has 2 heterocycles. The molecule has 16 heavy (non-hydrogen) atoms. The maximum absolute atomic E-state index is 6.44. The van der Waals surface area contributed by atoms with Crippen molar-refractivity contribution in [2.45, 2.75) is 37.6 Å². The fourth-order valence-electron chi connectivity index (χ4n) is 2.51. The highest BCUT2D eigenvalue weighted by atomic mass is 15.3. The highest BCUT2D eigenvalue weighted by Gasteiger charge is 2.31. The Bertz CT molecular complexity index is 463. The topological polar surface area (TPSA) is 56.2 Å². The lowest BCUT2D eigenvalue weighted by atomic mass is 9.80. The lowest BCUT2D eigenvalue weighted by molar-refractivity contribution is 0.294. The summed E-state index contributed by atoms with van der Waals surface area (Å²) in [5.74, 6) is 0. The van der Waals surface area contributed by atoms with E-state index in [1.807, 2.05) is 18.3 Å². The summed E-state index contributed by atoms with van der Waals surface area (Å²) in [5.41, 5.74) is 8.08. The van der Waals surface area contributed by atoms with Crippen LogP contribution in [0.2, 0.25) is 0 Å². The molecule has 0 amide bonds. The number of rotatable bonds is 1. The summed E-state index contributed by atoms with van der Waals surface area (Å²) in [4.78, 5) is 4.27. The molecule has 2 N–H and O–H groups in total. The van der Waals surface area contributed by atoms with Crippen LogP contribution in [0.3, 0.4) is 0 Å². The lowest BCUT2D eigenvalue weighted by Gasteiger charge is -2.31. The van der Waals surface area contributed by atoms with Crippen LogP contribution in [-0.2, 0) is 5.54 Å². The standard InChI is InChI=1S/C12H16N4/c13-12(5-2-1-3-6-12)10-9-11-14-7-4-8-16(11)15-10/h4,7-9H,1-3,5-6,13H2. The minimum Gasteiger partial charge on any atom is -0.320 e. The third kappa shape index (κ3) is 1.50. The van der Waals surface area contributed by atoms with Gasteiger partial charge >= 0.3 is 0 Å². The van der Waals surface area contributed by atoms with Gasteiger partial charge in [-0.15, -0.1) is 0 Å². The SMILES string of the molecule is NC1(c2cc3ncccn3n2)CCCCC1. The van der Waals surface area contributed by atoms with Gasteiger partial charge in [0.15, 0.2) is 5.65 Å². The van der Waals surface area contributed by atoms with E-state index >= 15 is 0 Å². The van der Waals surface area contributed by atoms with Crippen LogP contribution in [0.1, 0.15) is 37.8 Å². The highest BCUT2D eigenvalue weighted by molar-refractivity contribution is 5.40. The molecule has 0 saturated heterocycles. The van der Waals surface area contributed by atoms with Crippen molar-refractivity contribution in [2.75, 3.05) is 0 Å². The summed E-state index contributed by atoms with van der Waals surface area (Å²) < 4.78 is 1.80. The van der Waals surface area contributed by atoms with Gasteiger partial charge in [0, 0.05) is 18.5 Å². The molecule has 0 atom stereocenters. The van der Waals surface area contributed by atoms with Gasteiger partial charge in [-0.25, -0.2) is 9.50 Å². The maximum atomic E-state index is 6.44. The van der Waals surface area contributed by atoms with E-state index < -0.39 is 0 Å². The molecule has 1 saturated carbocycles. The van der Waals surface area contributed by atoms with Crippen molar-refractivity contribution in [2.24, 2.45) is 5.73 Å². The zero-order valence-electron chi connectivity index (χ0n) is 9.26. The van der Waals surface area contributed by atoms with Crippen LogP contribution in [0.25, 0.3) is 5.65 Å². The third-order valence-electron chi connectivity index (χ3n) is 3.49. The molecule has 0 unspecified atom stereocenters. The number of hydrogen-bond donors (Lipinski definition) is 1. The second-order valence-corrected chi connectivity index (χ2v) is 4.67. The van der Waals surface area contributed by atoms with Crippen molar-refractivity contribution in [1.29, 1.82) is 0 Å². The molecule has 0 spiro atoms. The molecule has 1 aliphatic rings. The van der Waals surface area contributed by atoms with E-state index in [4.69, 9.17) is 5.73 Å². The number of nitrogens with zero attached hydrogens (tertiary/aromatic N) is 3. The molecular formula is C12H16N4. The first-order valence-corrected chi connectivity index (χ1v) is 5.88. The van der Waals surface area contributed by atoms with Gasteiger partial charge in [-0.3, -0.25) is 0 Å². The molecule has 2 aromatic rings. The Morgan fingerprint density at radius 2 is 2.06 bits per heavy atom. The van der Waals surface area contributed by atoms with E-state index in [2.05, 4.69) is 10.1 Å². The van der Waals surface area contributed by atoms with Crippen LogP contribution < -0.4 is 5.73 Å². The lowest BCUT2D eigenvalue weighted by Crippen LogP contribution is -2.39. The molecule has 4 nitrogen and oxygen atoms in total. The molecule has 4 heteroatoms. The fraction of sp³-hybridized carbons (Fsp3) is 0.500. The largest absolute Gasteiger partial charge is 0.320 e. The minimum absolute atomic E-state index is 0.230. The maximum Gasteiger partial charge on any atom is 0.155 e. The third-order valence-corrected chi connectivity index (χ3v) is 3.49. The van der Waals surface area contributed by atoms with Crippen molar-refractivity contribution < 1.29 is 0 Å². The van der Waals surface area contributed by atoms with E-state index in [1.54, 1.807) is 10.7 Å². The molecule has 1 aliphatic carbocycles. The van der Waals surface area contributed by atoms with Crippen LogP contribution in [0, 0.1) is 0 Å². The fourth-order valence-corrected chi connectivity index (χ4v) is 2.51. The van der Waals surface area contributed by atoms with E-state index in [-0.39, 0.29) is 5.54 Å². The molecule has 1 fully saturated rings. The predicted octanol–water partition coefficient (Wildman–Crippen LogP) is 1.85.